The van der Waals surface area contributed by atoms with Gasteiger partial charge in [0.1, 0.15) is 0 Å². The fraction of sp³-hybridized carbons (Fsp3) is 0. The lowest BCUT2D eigenvalue weighted by Crippen LogP contribution is -1.99. The molecule has 80 valence electrons. The van der Waals surface area contributed by atoms with E-state index in [1.807, 2.05) is 6.07 Å². The van der Waals surface area contributed by atoms with Crippen LogP contribution in [0.4, 0.5) is 11.4 Å². The van der Waals surface area contributed by atoms with E-state index in [9.17, 15) is 0 Å². The van der Waals surface area contributed by atoms with Gasteiger partial charge in [-0.05, 0) is 40.2 Å². The molecule has 0 bridgehead atoms. The molecule has 0 saturated carbocycles. The number of benzene rings is 2. The van der Waals surface area contributed by atoms with E-state index >= 15 is 0 Å². The highest BCUT2D eigenvalue weighted by Gasteiger charge is 2.17. The van der Waals surface area contributed by atoms with Gasteiger partial charge >= 0.3 is 0 Å². The Bertz CT molecular complexity index is 569. The molecule has 4 heteroatoms. The quantitative estimate of drug-likeness (QED) is 0.577. The minimum absolute atomic E-state index is 1.07. The first kappa shape index (κ1) is 10.7. The maximum Gasteiger partial charge on any atom is 0.0549 e. The summed E-state index contributed by atoms with van der Waals surface area (Å²) < 4.78 is 2.19. The van der Waals surface area contributed by atoms with Crippen molar-refractivity contribution < 1.29 is 0 Å². The molecule has 0 atom stereocenters. The summed E-state index contributed by atoms with van der Waals surface area (Å²) in [6, 6.07) is 12.5. The summed E-state index contributed by atoms with van der Waals surface area (Å²) in [5, 5.41) is 3.44. The predicted molar refractivity (Wildman–Crippen MR) is 75.7 cm³/mol. The zero-order valence-corrected chi connectivity index (χ0v) is 12.1. The highest BCUT2D eigenvalue weighted by molar-refractivity contribution is 9.11. The van der Waals surface area contributed by atoms with Gasteiger partial charge in [0.2, 0.25) is 0 Å². The highest BCUT2D eigenvalue weighted by Crippen LogP contribution is 2.48. The Hall–Kier alpha value is -0.450. The van der Waals surface area contributed by atoms with Crippen molar-refractivity contribution in [2.24, 2.45) is 0 Å². The summed E-state index contributed by atoms with van der Waals surface area (Å²) in [4.78, 5) is 2.50. The van der Waals surface area contributed by atoms with Crippen LogP contribution in [0.1, 0.15) is 0 Å². The average molecular weight is 357 g/mol. The highest BCUT2D eigenvalue weighted by atomic mass is 79.9. The molecule has 0 spiro atoms. The third-order valence-corrected chi connectivity index (χ3v) is 4.94. The van der Waals surface area contributed by atoms with Gasteiger partial charge in [-0.25, -0.2) is 0 Å². The molecule has 16 heavy (non-hydrogen) atoms. The summed E-state index contributed by atoms with van der Waals surface area (Å²) >= 11 is 8.88. The van der Waals surface area contributed by atoms with Crippen molar-refractivity contribution in [3.63, 3.8) is 0 Å². The fourth-order valence-corrected chi connectivity index (χ4v) is 4.11. The van der Waals surface area contributed by atoms with Gasteiger partial charge in [0, 0.05) is 13.8 Å². The van der Waals surface area contributed by atoms with Crippen molar-refractivity contribution in [2.45, 2.75) is 9.79 Å². The predicted octanol–water partition coefficient (Wildman–Crippen LogP) is 5.42. The van der Waals surface area contributed by atoms with Gasteiger partial charge in [-0.3, -0.25) is 0 Å². The Morgan fingerprint density at radius 2 is 1.81 bits per heavy atom. The first-order valence-electron chi connectivity index (χ1n) is 4.77. The van der Waals surface area contributed by atoms with Crippen molar-refractivity contribution >= 4 is 55.0 Å². The van der Waals surface area contributed by atoms with Gasteiger partial charge in [-0.15, -0.1) is 0 Å². The van der Waals surface area contributed by atoms with Crippen LogP contribution in [-0.2, 0) is 0 Å². The SMILES string of the molecule is Brc1cc(Br)c2c(c1)Nc1ccccc1S2. The average Bonchev–Trinajstić information content (AvgIpc) is 2.27. The van der Waals surface area contributed by atoms with Crippen molar-refractivity contribution in [3.05, 3.63) is 45.3 Å². The molecule has 2 aromatic carbocycles. The lowest BCUT2D eigenvalue weighted by atomic mass is 10.2. The largest absolute Gasteiger partial charge is 0.354 e. The summed E-state index contributed by atoms with van der Waals surface area (Å²) in [6.07, 6.45) is 0. The topological polar surface area (TPSA) is 12.0 Å². The van der Waals surface area contributed by atoms with Crippen LogP contribution < -0.4 is 5.32 Å². The molecule has 0 aliphatic carbocycles. The molecule has 0 unspecified atom stereocenters. The molecular weight excluding hydrogens is 350 g/mol. The number of halogens is 2. The molecule has 0 aromatic heterocycles. The van der Waals surface area contributed by atoms with Crippen LogP contribution in [0.3, 0.4) is 0 Å². The standard InChI is InChI=1S/C12H7Br2NS/c13-7-5-8(14)12-10(6-7)15-9-3-1-2-4-11(9)16-12/h1-6,15H. The van der Waals surface area contributed by atoms with E-state index in [1.54, 1.807) is 11.8 Å². The Labute approximate surface area is 115 Å². The smallest absolute Gasteiger partial charge is 0.0549 e. The molecule has 0 radical (unpaired) electrons. The molecule has 0 fully saturated rings. The first-order valence-corrected chi connectivity index (χ1v) is 7.17. The van der Waals surface area contributed by atoms with Crippen molar-refractivity contribution in [1.82, 2.24) is 0 Å². The summed E-state index contributed by atoms with van der Waals surface area (Å²) in [5.41, 5.74) is 2.31. The summed E-state index contributed by atoms with van der Waals surface area (Å²) in [5.74, 6) is 0. The number of anilines is 2. The third kappa shape index (κ3) is 1.79. The van der Waals surface area contributed by atoms with Crippen molar-refractivity contribution in [3.8, 4) is 0 Å². The molecule has 1 heterocycles. The fourth-order valence-electron chi connectivity index (χ4n) is 1.67. The van der Waals surface area contributed by atoms with E-state index in [-0.39, 0.29) is 0 Å². The van der Waals surface area contributed by atoms with Gasteiger partial charge in [0.05, 0.1) is 16.3 Å². The lowest BCUT2D eigenvalue weighted by molar-refractivity contribution is 1.29. The van der Waals surface area contributed by atoms with Crippen LogP contribution >= 0.6 is 43.6 Å². The maximum atomic E-state index is 3.59. The molecule has 2 aromatic rings. The van der Waals surface area contributed by atoms with E-state index < -0.39 is 0 Å². The van der Waals surface area contributed by atoms with Crippen molar-refractivity contribution in [2.75, 3.05) is 5.32 Å². The van der Waals surface area contributed by atoms with Gasteiger partial charge in [0.15, 0.2) is 0 Å². The summed E-state index contributed by atoms with van der Waals surface area (Å²) in [6.45, 7) is 0. The van der Waals surface area contributed by atoms with Crippen LogP contribution in [0.25, 0.3) is 0 Å². The Morgan fingerprint density at radius 3 is 2.69 bits per heavy atom. The number of nitrogens with one attached hydrogen (secondary N) is 1. The van der Waals surface area contributed by atoms with E-state index in [4.69, 9.17) is 0 Å². The van der Waals surface area contributed by atoms with E-state index in [1.165, 1.54) is 15.5 Å². The van der Waals surface area contributed by atoms with Crippen molar-refractivity contribution in [1.29, 1.82) is 0 Å². The number of rotatable bonds is 0. The maximum absolute atomic E-state index is 3.59. The number of para-hydroxylation sites is 1. The molecule has 3 rings (SSSR count). The summed E-state index contributed by atoms with van der Waals surface area (Å²) in [7, 11) is 0. The second kappa shape index (κ2) is 4.09. The molecule has 1 nitrogen and oxygen atoms in total. The zero-order valence-electron chi connectivity index (χ0n) is 8.13. The van der Waals surface area contributed by atoms with Crippen LogP contribution in [0.5, 0.6) is 0 Å². The monoisotopic (exact) mass is 355 g/mol. The Kier molecular flexibility index (Phi) is 2.73. The lowest BCUT2D eigenvalue weighted by Gasteiger charge is -2.21. The molecule has 1 aliphatic heterocycles. The van der Waals surface area contributed by atoms with Gasteiger partial charge in [-0.1, -0.05) is 39.8 Å². The van der Waals surface area contributed by atoms with Gasteiger partial charge in [0.25, 0.3) is 0 Å². The molecule has 0 saturated heterocycles. The number of fused-ring (bicyclic) bond motifs is 2. The Balaban J connectivity index is 2.15. The minimum Gasteiger partial charge on any atom is -0.354 e. The normalized spacial score (nSPS) is 12.6. The molecule has 0 amide bonds. The second-order valence-electron chi connectivity index (χ2n) is 3.49. The third-order valence-electron chi connectivity index (χ3n) is 2.38. The molecule has 1 N–H and O–H groups in total. The number of hydrogen-bond acceptors (Lipinski definition) is 2. The Morgan fingerprint density at radius 1 is 1.00 bits per heavy atom. The van der Waals surface area contributed by atoms with Crippen LogP contribution in [0, 0.1) is 0 Å². The molecule has 1 aliphatic rings. The van der Waals surface area contributed by atoms with Gasteiger partial charge in [-0.2, -0.15) is 0 Å². The van der Waals surface area contributed by atoms with Crippen LogP contribution in [0.15, 0.2) is 55.1 Å². The number of hydrogen-bond donors (Lipinski definition) is 1. The van der Waals surface area contributed by atoms with E-state index in [0.717, 1.165) is 14.6 Å². The van der Waals surface area contributed by atoms with E-state index in [2.05, 4.69) is 67.5 Å². The van der Waals surface area contributed by atoms with E-state index in [0.29, 0.717) is 0 Å². The zero-order chi connectivity index (χ0) is 11.1. The van der Waals surface area contributed by atoms with Crippen LogP contribution in [0.2, 0.25) is 0 Å². The first-order chi connectivity index (χ1) is 7.74. The second-order valence-corrected chi connectivity index (χ2v) is 6.31. The van der Waals surface area contributed by atoms with Crippen LogP contribution in [-0.4, -0.2) is 0 Å². The van der Waals surface area contributed by atoms with Gasteiger partial charge < -0.3 is 5.32 Å². The molecular formula is C12H7Br2NS. The minimum atomic E-state index is 1.07.